The highest BCUT2D eigenvalue weighted by Crippen LogP contribution is 2.15. The van der Waals surface area contributed by atoms with Crippen LogP contribution >= 0.6 is 0 Å². The first-order valence-electron chi connectivity index (χ1n) is 6.49. The van der Waals surface area contributed by atoms with Gasteiger partial charge in [-0.2, -0.15) is 0 Å². The molecule has 3 N–H and O–H groups in total. The van der Waals surface area contributed by atoms with E-state index in [2.05, 4.69) is 27.3 Å². The summed E-state index contributed by atoms with van der Waals surface area (Å²) in [6.45, 7) is 5.92. The zero-order chi connectivity index (χ0) is 13.5. The first-order chi connectivity index (χ1) is 8.56. The second-order valence-electron chi connectivity index (χ2n) is 5.20. The molecule has 0 bridgehead atoms. The molecule has 0 aromatic carbocycles. The number of hydrazine groups is 1. The highest BCUT2D eigenvalue weighted by atomic mass is 16.5. The fourth-order valence-corrected chi connectivity index (χ4v) is 2.38. The number of ether oxygens (including phenoxy) is 1. The van der Waals surface area contributed by atoms with E-state index in [0.29, 0.717) is 12.5 Å². The number of likely N-dealkylation sites (tertiary alicyclic amines) is 1. The van der Waals surface area contributed by atoms with Crippen LogP contribution in [0.4, 0.5) is 0 Å². The van der Waals surface area contributed by atoms with Crippen LogP contribution in [0.25, 0.3) is 0 Å². The number of methoxy groups -OCH3 is 1. The third-order valence-corrected chi connectivity index (χ3v) is 3.26. The van der Waals surface area contributed by atoms with Crippen molar-refractivity contribution in [1.29, 1.82) is 0 Å². The molecule has 1 saturated heterocycles. The summed E-state index contributed by atoms with van der Waals surface area (Å²) < 4.78 is 5.08. The predicted molar refractivity (Wildman–Crippen MR) is 74.3 cm³/mol. The molecule has 106 valence electrons. The first-order valence-corrected chi connectivity index (χ1v) is 6.49. The van der Waals surface area contributed by atoms with E-state index in [-0.39, 0.29) is 6.04 Å². The van der Waals surface area contributed by atoms with Crippen LogP contribution in [-0.2, 0) is 4.74 Å². The van der Waals surface area contributed by atoms with Crippen molar-refractivity contribution in [3.8, 4) is 0 Å². The smallest absolute Gasteiger partial charge is 0.208 e. The number of aliphatic imine (C=N–C) groups is 1. The molecule has 1 heterocycles. The Kier molecular flexibility index (Phi) is 6.38. The number of rotatable bonds is 5. The molecule has 0 spiro atoms. The van der Waals surface area contributed by atoms with E-state index in [1.165, 1.54) is 13.0 Å². The molecule has 1 rings (SSSR count). The molecule has 0 aliphatic carbocycles. The number of hydrogen-bond acceptors (Lipinski definition) is 4. The topological polar surface area (TPSA) is 66.1 Å². The lowest BCUT2D eigenvalue weighted by atomic mass is 10.1. The molecule has 0 radical (unpaired) electrons. The minimum Gasteiger partial charge on any atom is -0.382 e. The van der Waals surface area contributed by atoms with Crippen molar-refractivity contribution in [2.24, 2.45) is 16.8 Å². The quantitative estimate of drug-likeness (QED) is 0.307. The minimum absolute atomic E-state index is 0.106. The lowest BCUT2D eigenvalue weighted by Crippen LogP contribution is -2.45. The van der Waals surface area contributed by atoms with Crippen molar-refractivity contribution >= 4 is 5.96 Å². The van der Waals surface area contributed by atoms with Crippen molar-refractivity contribution in [2.75, 3.05) is 47.4 Å². The summed E-state index contributed by atoms with van der Waals surface area (Å²) in [6.07, 6.45) is 1.24. The van der Waals surface area contributed by atoms with Gasteiger partial charge < -0.3 is 14.5 Å². The van der Waals surface area contributed by atoms with Gasteiger partial charge in [0.25, 0.3) is 0 Å². The molecular weight excluding hydrogens is 230 g/mol. The van der Waals surface area contributed by atoms with Crippen LogP contribution in [0.5, 0.6) is 0 Å². The molecule has 2 unspecified atom stereocenters. The molecular formula is C12H27N5O. The van der Waals surface area contributed by atoms with Crippen molar-refractivity contribution < 1.29 is 4.74 Å². The summed E-state index contributed by atoms with van der Waals surface area (Å²) in [5.74, 6) is 6.97. The second-order valence-corrected chi connectivity index (χ2v) is 5.20. The Bertz CT molecular complexity index is 271. The Labute approximate surface area is 110 Å². The average molecular weight is 257 g/mol. The summed E-state index contributed by atoms with van der Waals surface area (Å²) in [5.41, 5.74) is 2.68. The van der Waals surface area contributed by atoms with E-state index in [1.807, 2.05) is 14.0 Å². The van der Waals surface area contributed by atoms with Gasteiger partial charge >= 0.3 is 0 Å². The summed E-state index contributed by atoms with van der Waals surface area (Å²) >= 11 is 0. The molecule has 0 saturated carbocycles. The largest absolute Gasteiger partial charge is 0.382 e. The second kappa shape index (κ2) is 7.56. The number of nitrogens with zero attached hydrogens (tertiary/aromatic N) is 3. The van der Waals surface area contributed by atoms with Gasteiger partial charge in [0.2, 0.25) is 5.96 Å². The van der Waals surface area contributed by atoms with Crippen LogP contribution in [0.1, 0.15) is 13.3 Å². The van der Waals surface area contributed by atoms with Gasteiger partial charge in [-0.05, 0) is 32.9 Å². The Morgan fingerprint density at radius 3 is 2.89 bits per heavy atom. The third kappa shape index (κ3) is 4.80. The predicted octanol–water partition coefficient (Wildman–Crippen LogP) is -0.276. The molecule has 6 nitrogen and oxygen atoms in total. The number of nitrogens with one attached hydrogen (secondary N) is 1. The van der Waals surface area contributed by atoms with Gasteiger partial charge in [0.05, 0.1) is 12.6 Å². The van der Waals surface area contributed by atoms with Crippen LogP contribution in [0, 0.1) is 5.92 Å². The molecule has 18 heavy (non-hydrogen) atoms. The molecule has 6 heteroatoms. The van der Waals surface area contributed by atoms with E-state index in [9.17, 15) is 0 Å². The third-order valence-electron chi connectivity index (χ3n) is 3.26. The molecule has 1 aliphatic rings. The fourth-order valence-electron chi connectivity index (χ4n) is 2.38. The maximum absolute atomic E-state index is 5.55. The Hall–Kier alpha value is -0.850. The van der Waals surface area contributed by atoms with Crippen molar-refractivity contribution in [1.82, 2.24) is 15.2 Å². The molecule has 1 fully saturated rings. The average Bonchev–Trinajstić information content (AvgIpc) is 2.72. The first kappa shape index (κ1) is 15.2. The van der Waals surface area contributed by atoms with Crippen molar-refractivity contribution in [3.05, 3.63) is 0 Å². The fraction of sp³-hybridized carbons (Fsp3) is 0.917. The Morgan fingerprint density at radius 2 is 2.39 bits per heavy atom. The zero-order valence-corrected chi connectivity index (χ0v) is 12.0. The normalized spacial score (nSPS) is 23.2. The van der Waals surface area contributed by atoms with Gasteiger partial charge in [0.1, 0.15) is 0 Å². The maximum atomic E-state index is 5.55. The van der Waals surface area contributed by atoms with Gasteiger partial charge in [0, 0.05) is 27.2 Å². The van der Waals surface area contributed by atoms with E-state index in [0.717, 1.165) is 19.0 Å². The molecule has 0 amide bonds. The van der Waals surface area contributed by atoms with Crippen LogP contribution in [0.2, 0.25) is 0 Å². The minimum atomic E-state index is 0.106. The van der Waals surface area contributed by atoms with Gasteiger partial charge in [-0.25, -0.2) is 10.8 Å². The molecule has 1 aliphatic heterocycles. The maximum Gasteiger partial charge on any atom is 0.208 e. The number of nitrogens with two attached hydrogens (primary N) is 1. The Morgan fingerprint density at radius 1 is 1.67 bits per heavy atom. The molecule has 2 atom stereocenters. The van der Waals surface area contributed by atoms with Gasteiger partial charge in [-0.3, -0.25) is 5.43 Å². The van der Waals surface area contributed by atoms with Gasteiger partial charge in [-0.15, -0.1) is 0 Å². The lowest BCUT2D eigenvalue weighted by molar-refractivity contribution is 0.185. The van der Waals surface area contributed by atoms with Crippen LogP contribution in [-0.4, -0.2) is 69.2 Å². The number of hydrogen-bond donors (Lipinski definition) is 2. The monoisotopic (exact) mass is 257 g/mol. The highest BCUT2D eigenvalue weighted by Gasteiger charge is 2.21. The van der Waals surface area contributed by atoms with Crippen molar-refractivity contribution in [3.63, 3.8) is 0 Å². The van der Waals surface area contributed by atoms with Crippen molar-refractivity contribution in [2.45, 2.75) is 19.4 Å². The Balaban J connectivity index is 2.48. The summed E-state index contributed by atoms with van der Waals surface area (Å²) in [5, 5.41) is 0. The van der Waals surface area contributed by atoms with Crippen LogP contribution in [0.3, 0.4) is 0 Å². The van der Waals surface area contributed by atoms with Gasteiger partial charge in [0.15, 0.2) is 0 Å². The van der Waals surface area contributed by atoms with Crippen LogP contribution in [0.15, 0.2) is 4.99 Å². The standard InChI is InChI=1S/C12H27N5O/c1-10(9-18-4)14-12(15-13)17(3)8-11-5-6-16(2)7-11/h10-11H,5-9,13H2,1-4H3,(H,14,15). The molecule has 0 aromatic rings. The van der Waals surface area contributed by atoms with E-state index in [4.69, 9.17) is 10.6 Å². The van der Waals surface area contributed by atoms with Gasteiger partial charge in [-0.1, -0.05) is 0 Å². The SMILES string of the molecule is COCC(C)N=C(NN)N(C)CC1CCN(C)C1. The van der Waals surface area contributed by atoms with Crippen LogP contribution < -0.4 is 11.3 Å². The lowest BCUT2D eigenvalue weighted by Gasteiger charge is -2.24. The van der Waals surface area contributed by atoms with E-state index in [1.54, 1.807) is 7.11 Å². The molecule has 0 aromatic heterocycles. The zero-order valence-electron chi connectivity index (χ0n) is 12.0. The van der Waals surface area contributed by atoms with E-state index >= 15 is 0 Å². The summed E-state index contributed by atoms with van der Waals surface area (Å²) in [4.78, 5) is 8.97. The number of guanidine groups is 1. The van der Waals surface area contributed by atoms with E-state index < -0.39 is 0 Å². The summed E-state index contributed by atoms with van der Waals surface area (Å²) in [6, 6.07) is 0.106. The highest BCUT2D eigenvalue weighted by molar-refractivity contribution is 5.79. The summed E-state index contributed by atoms with van der Waals surface area (Å²) in [7, 11) is 5.87.